The highest BCUT2D eigenvalue weighted by atomic mass is 16.5. The number of methoxy groups -OCH3 is 3. The van der Waals surface area contributed by atoms with Gasteiger partial charge in [-0.2, -0.15) is 0 Å². The van der Waals surface area contributed by atoms with E-state index in [1.54, 1.807) is 6.07 Å². The van der Waals surface area contributed by atoms with Gasteiger partial charge in [0.05, 0.1) is 32.6 Å². The summed E-state index contributed by atoms with van der Waals surface area (Å²) in [6.45, 7) is 0.168. The van der Waals surface area contributed by atoms with Crippen molar-refractivity contribution in [3.05, 3.63) is 71.7 Å². The SMILES string of the molecule is COC(=O)c1cc(OC)c(OC)cc1NC(=O)c1ccc(COc2ccccc2)o1. The summed E-state index contributed by atoms with van der Waals surface area (Å²) in [5, 5.41) is 2.65. The smallest absolute Gasteiger partial charge is 0.340 e. The monoisotopic (exact) mass is 411 g/mol. The van der Waals surface area contributed by atoms with E-state index in [-0.39, 0.29) is 23.6 Å². The van der Waals surface area contributed by atoms with Crippen molar-refractivity contribution >= 4 is 17.6 Å². The van der Waals surface area contributed by atoms with Crippen LogP contribution >= 0.6 is 0 Å². The van der Waals surface area contributed by atoms with Gasteiger partial charge in [-0.15, -0.1) is 0 Å². The van der Waals surface area contributed by atoms with Crippen molar-refractivity contribution in [2.45, 2.75) is 6.61 Å². The molecule has 0 saturated carbocycles. The zero-order valence-corrected chi connectivity index (χ0v) is 16.8. The molecule has 0 aliphatic heterocycles. The maximum atomic E-state index is 12.6. The minimum Gasteiger partial charge on any atom is -0.493 e. The molecule has 8 heteroatoms. The van der Waals surface area contributed by atoms with E-state index >= 15 is 0 Å². The Morgan fingerprint density at radius 2 is 1.63 bits per heavy atom. The van der Waals surface area contributed by atoms with Crippen LogP contribution in [0.3, 0.4) is 0 Å². The van der Waals surface area contributed by atoms with Crippen molar-refractivity contribution in [3.8, 4) is 17.2 Å². The average molecular weight is 411 g/mol. The topological polar surface area (TPSA) is 96.2 Å². The first-order valence-corrected chi connectivity index (χ1v) is 8.98. The Bertz CT molecular complexity index is 1030. The molecule has 156 valence electrons. The van der Waals surface area contributed by atoms with Crippen molar-refractivity contribution in [1.82, 2.24) is 0 Å². The number of rotatable bonds is 8. The molecule has 0 spiro atoms. The fraction of sp³-hybridized carbons (Fsp3) is 0.182. The lowest BCUT2D eigenvalue weighted by Crippen LogP contribution is -2.15. The Balaban J connectivity index is 1.77. The fourth-order valence-corrected chi connectivity index (χ4v) is 2.69. The molecule has 8 nitrogen and oxygen atoms in total. The largest absolute Gasteiger partial charge is 0.493 e. The molecule has 1 amide bonds. The van der Waals surface area contributed by atoms with Crippen LogP contribution in [0, 0.1) is 0 Å². The van der Waals surface area contributed by atoms with Crippen LogP contribution in [-0.4, -0.2) is 33.2 Å². The molecule has 30 heavy (non-hydrogen) atoms. The van der Waals surface area contributed by atoms with E-state index in [4.69, 9.17) is 23.4 Å². The summed E-state index contributed by atoms with van der Waals surface area (Å²) < 4.78 is 26.4. The molecule has 0 bridgehead atoms. The summed E-state index contributed by atoms with van der Waals surface area (Å²) in [5.74, 6) is 0.719. The van der Waals surface area contributed by atoms with Gasteiger partial charge in [-0.1, -0.05) is 18.2 Å². The third-order valence-corrected chi connectivity index (χ3v) is 4.19. The van der Waals surface area contributed by atoms with Crippen LogP contribution in [0.4, 0.5) is 5.69 Å². The Labute approximate surface area is 173 Å². The maximum Gasteiger partial charge on any atom is 0.340 e. The number of furan rings is 1. The van der Waals surface area contributed by atoms with Gasteiger partial charge >= 0.3 is 5.97 Å². The third-order valence-electron chi connectivity index (χ3n) is 4.19. The second-order valence-corrected chi connectivity index (χ2v) is 6.07. The van der Waals surface area contributed by atoms with Gasteiger partial charge in [0.2, 0.25) is 0 Å². The minimum absolute atomic E-state index is 0.0623. The van der Waals surface area contributed by atoms with E-state index in [1.807, 2.05) is 30.3 Å². The van der Waals surface area contributed by atoms with Crippen LogP contribution in [-0.2, 0) is 11.3 Å². The molecule has 0 unspecified atom stereocenters. The predicted molar refractivity (Wildman–Crippen MR) is 108 cm³/mol. The molecule has 1 N–H and O–H groups in total. The highest BCUT2D eigenvalue weighted by molar-refractivity contribution is 6.07. The van der Waals surface area contributed by atoms with Crippen LogP contribution in [0.2, 0.25) is 0 Å². The number of benzene rings is 2. The third kappa shape index (κ3) is 4.72. The van der Waals surface area contributed by atoms with Crippen LogP contribution in [0.5, 0.6) is 17.2 Å². The number of hydrogen-bond donors (Lipinski definition) is 1. The fourth-order valence-electron chi connectivity index (χ4n) is 2.69. The minimum atomic E-state index is -0.636. The number of carbonyl (C=O) groups excluding carboxylic acids is 2. The molecule has 0 atom stereocenters. The number of hydrogen-bond acceptors (Lipinski definition) is 7. The molecule has 0 radical (unpaired) electrons. The first-order chi connectivity index (χ1) is 14.5. The zero-order valence-electron chi connectivity index (χ0n) is 16.8. The number of esters is 1. The molecule has 3 aromatic rings. The summed E-state index contributed by atoms with van der Waals surface area (Å²) in [6, 6.07) is 15.3. The van der Waals surface area contributed by atoms with Gasteiger partial charge in [-0.05, 0) is 24.3 Å². The van der Waals surface area contributed by atoms with Crippen LogP contribution in [0.15, 0.2) is 59.0 Å². The van der Waals surface area contributed by atoms with Crippen molar-refractivity contribution in [2.75, 3.05) is 26.6 Å². The van der Waals surface area contributed by atoms with E-state index in [9.17, 15) is 9.59 Å². The number of ether oxygens (including phenoxy) is 4. The van der Waals surface area contributed by atoms with Crippen LogP contribution in [0.1, 0.15) is 26.7 Å². The lowest BCUT2D eigenvalue weighted by Gasteiger charge is -2.14. The highest BCUT2D eigenvalue weighted by Crippen LogP contribution is 2.34. The molecular formula is C22H21NO7. The summed E-state index contributed by atoms with van der Waals surface area (Å²) >= 11 is 0. The van der Waals surface area contributed by atoms with Gasteiger partial charge in [-0.3, -0.25) is 4.79 Å². The molecule has 3 rings (SSSR count). The molecule has 2 aromatic carbocycles. The summed E-state index contributed by atoms with van der Waals surface area (Å²) in [4.78, 5) is 24.8. The van der Waals surface area contributed by atoms with E-state index in [1.165, 1.54) is 39.5 Å². The predicted octanol–water partition coefficient (Wildman–Crippen LogP) is 3.91. The lowest BCUT2D eigenvalue weighted by atomic mass is 10.1. The number of para-hydroxylation sites is 1. The number of nitrogens with one attached hydrogen (secondary N) is 1. The standard InChI is InChI=1S/C22H21NO7/c1-26-19-11-16(22(25)28-3)17(12-20(19)27-2)23-21(24)18-10-9-15(30-18)13-29-14-7-5-4-6-8-14/h4-12H,13H2,1-3H3,(H,23,24). The molecule has 0 aliphatic carbocycles. The number of anilines is 1. The lowest BCUT2D eigenvalue weighted by molar-refractivity contribution is 0.0601. The summed E-state index contributed by atoms with van der Waals surface area (Å²) in [7, 11) is 4.14. The first kappa shape index (κ1) is 20.8. The summed E-state index contributed by atoms with van der Waals surface area (Å²) in [5.41, 5.74) is 0.311. The molecule has 0 aliphatic rings. The first-order valence-electron chi connectivity index (χ1n) is 8.98. The molecule has 0 fully saturated rings. The molecule has 1 aromatic heterocycles. The van der Waals surface area contributed by atoms with E-state index in [2.05, 4.69) is 5.32 Å². The normalized spacial score (nSPS) is 10.2. The van der Waals surface area contributed by atoms with Gasteiger partial charge in [0, 0.05) is 12.1 Å². The number of amides is 1. The van der Waals surface area contributed by atoms with Gasteiger partial charge in [0.25, 0.3) is 5.91 Å². The van der Waals surface area contributed by atoms with Crippen molar-refractivity contribution in [3.63, 3.8) is 0 Å². The highest BCUT2D eigenvalue weighted by Gasteiger charge is 2.21. The molecular weight excluding hydrogens is 390 g/mol. The Morgan fingerprint density at radius 1 is 0.933 bits per heavy atom. The van der Waals surface area contributed by atoms with E-state index in [0.29, 0.717) is 23.0 Å². The van der Waals surface area contributed by atoms with Gasteiger partial charge in [0.1, 0.15) is 18.1 Å². The zero-order chi connectivity index (χ0) is 21.5. The van der Waals surface area contributed by atoms with Crippen molar-refractivity contribution in [1.29, 1.82) is 0 Å². The molecule has 0 saturated heterocycles. The van der Waals surface area contributed by atoms with Crippen LogP contribution < -0.4 is 19.5 Å². The van der Waals surface area contributed by atoms with E-state index in [0.717, 1.165) is 0 Å². The summed E-state index contributed by atoms with van der Waals surface area (Å²) in [6.07, 6.45) is 0. The van der Waals surface area contributed by atoms with Gasteiger partial charge in [-0.25, -0.2) is 4.79 Å². The van der Waals surface area contributed by atoms with E-state index < -0.39 is 11.9 Å². The van der Waals surface area contributed by atoms with Gasteiger partial charge < -0.3 is 28.7 Å². The van der Waals surface area contributed by atoms with Crippen molar-refractivity contribution < 1.29 is 33.0 Å². The second-order valence-electron chi connectivity index (χ2n) is 6.07. The Kier molecular flexibility index (Phi) is 6.59. The Hall–Kier alpha value is -3.94. The van der Waals surface area contributed by atoms with Crippen LogP contribution in [0.25, 0.3) is 0 Å². The molecule has 1 heterocycles. The second kappa shape index (κ2) is 9.51. The maximum absolute atomic E-state index is 12.6. The quantitative estimate of drug-likeness (QED) is 0.561. The average Bonchev–Trinajstić information content (AvgIpc) is 3.26. The Morgan fingerprint density at radius 3 is 2.30 bits per heavy atom. The number of carbonyl (C=O) groups is 2. The van der Waals surface area contributed by atoms with Crippen molar-refractivity contribution in [2.24, 2.45) is 0 Å². The van der Waals surface area contributed by atoms with Gasteiger partial charge in [0.15, 0.2) is 17.3 Å².